The van der Waals surface area contributed by atoms with Crippen molar-refractivity contribution in [2.45, 2.75) is 25.2 Å². The highest BCUT2D eigenvalue weighted by atomic mass is 35.7. The van der Waals surface area contributed by atoms with Gasteiger partial charge in [-0.25, -0.2) is 12.8 Å². The van der Waals surface area contributed by atoms with Gasteiger partial charge in [-0.05, 0) is 18.1 Å². The Kier molecular flexibility index (Phi) is 5.98. The van der Waals surface area contributed by atoms with E-state index in [1.54, 1.807) is 0 Å². The third-order valence-corrected chi connectivity index (χ3v) is 4.37. The van der Waals surface area contributed by atoms with E-state index in [1.165, 1.54) is 0 Å². The summed E-state index contributed by atoms with van der Waals surface area (Å²) in [5.74, 6) is -1.79. The molecule has 0 saturated heterocycles. The molecule has 21 heavy (non-hydrogen) atoms. The molecule has 0 aromatic heterocycles. The third-order valence-electron chi connectivity index (χ3n) is 3.05. The molecular formula is C13H17ClFNO4S. The molecule has 8 heteroatoms. The van der Waals surface area contributed by atoms with Gasteiger partial charge < -0.3 is 10.1 Å². The summed E-state index contributed by atoms with van der Waals surface area (Å²) in [5.41, 5.74) is -0.129. The largest absolute Gasteiger partial charge is 0.492 e. The van der Waals surface area contributed by atoms with E-state index in [9.17, 15) is 17.6 Å². The number of rotatable bonds is 6. The molecule has 0 aliphatic heterocycles. The van der Waals surface area contributed by atoms with Crippen LogP contribution in [0.5, 0.6) is 5.75 Å². The first kappa shape index (κ1) is 17.7. The Morgan fingerprint density at radius 2 is 2.10 bits per heavy atom. The van der Waals surface area contributed by atoms with Crippen LogP contribution in [-0.4, -0.2) is 28.0 Å². The number of nitrogens with one attached hydrogen (secondary N) is 1. The summed E-state index contributed by atoms with van der Waals surface area (Å²) in [6.45, 7) is 4.33. The van der Waals surface area contributed by atoms with E-state index in [0.717, 1.165) is 25.7 Å². The second kappa shape index (κ2) is 7.09. The van der Waals surface area contributed by atoms with Crippen LogP contribution in [0.25, 0.3) is 0 Å². The van der Waals surface area contributed by atoms with E-state index in [0.29, 0.717) is 6.54 Å². The van der Waals surface area contributed by atoms with E-state index in [-0.39, 0.29) is 11.5 Å². The molecule has 0 saturated carbocycles. The number of amides is 1. The van der Waals surface area contributed by atoms with Crippen molar-refractivity contribution >= 4 is 25.6 Å². The molecule has 0 spiro atoms. The van der Waals surface area contributed by atoms with Gasteiger partial charge in [0.1, 0.15) is 4.90 Å². The molecule has 1 N–H and O–H groups in total. The number of methoxy groups -OCH3 is 1. The van der Waals surface area contributed by atoms with Crippen LogP contribution < -0.4 is 10.1 Å². The molecule has 0 aliphatic carbocycles. The number of halogens is 2. The van der Waals surface area contributed by atoms with Crippen molar-refractivity contribution in [3.8, 4) is 5.75 Å². The third kappa shape index (κ3) is 4.57. The maximum atomic E-state index is 13.8. The minimum atomic E-state index is -4.23. The van der Waals surface area contributed by atoms with Crippen LogP contribution in [0.4, 0.5) is 4.39 Å². The van der Waals surface area contributed by atoms with Gasteiger partial charge in [0.2, 0.25) is 0 Å². The highest BCUT2D eigenvalue weighted by molar-refractivity contribution is 8.13. The first-order chi connectivity index (χ1) is 9.70. The molecule has 0 radical (unpaired) electrons. The second-order valence-electron chi connectivity index (χ2n) is 4.65. The molecule has 1 aromatic rings. The zero-order valence-electron chi connectivity index (χ0n) is 11.9. The van der Waals surface area contributed by atoms with Crippen molar-refractivity contribution in [3.63, 3.8) is 0 Å². The molecule has 0 bridgehead atoms. The normalized spacial score (nSPS) is 12.8. The van der Waals surface area contributed by atoms with Crippen molar-refractivity contribution < 1.29 is 22.3 Å². The lowest BCUT2D eigenvalue weighted by molar-refractivity contribution is 0.0947. The minimum Gasteiger partial charge on any atom is -0.492 e. The summed E-state index contributed by atoms with van der Waals surface area (Å²) in [5, 5.41) is 2.61. The Balaban J connectivity index is 3.16. The number of carbonyl (C=O) groups is 1. The van der Waals surface area contributed by atoms with Crippen LogP contribution in [0.2, 0.25) is 0 Å². The molecule has 0 fully saturated rings. The van der Waals surface area contributed by atoms with E-state index >= 15 is 0 Å². The standard InChI is InChI=1S/C13H17ClFNO4S/c1-4-8(2)7-16-13(17)9-5-10(15)12(20-3)11(6-9)21(14,18)19/h5-6,8H,4,7H2,1-3H3,(H,16,17). The maximum Gasteiger partial charge on any atom is 0.265 e. The Labute approximate surface area is 127 Å². The quantitative estimate of drug-likeness (QED) is 0.810. The van der Waals surface area contributed by atoms with Gasteiger partial charge in [0.05, 0.1) is 7.11 Å². The summed E-state index contributed by atoms with van der Waals surface area (Å²) in [4.78, 5) is 11.4. The number of benzene rings is 1. The van der Waals surface area contributed by atoms with E-state index in [1.807, 2.05) is 13.8 Å². The summed E-state index contributed by atoms with van der Waals surface area (Å²) in [7, 11) is 2.12. The van der Waals surface area contributed by atoms with Crippen molar-refractivity contribution in [1.29, 1.82) is 0 Å². The van der Waals surface area contributed by atoms with Crippen molar-refractivity contribution in [2.75, 3.05) is 13.7 Å². The Hall–Kier alpha value is -1.34. The van der Waals surface area contributed by atoms with Crippen molar-refractivity contribution in [1.82, 2.24) is 5.32 Å². The van der Waals surface area contributed by atoms with E-state index in [4.69, 9.17) is 10.7 Å². The number of carbonyl (C=O) groups excluding carboxylic acids is 1. The smallest absolute Gasteiger partial charge is 0.265 e. The van der Waals surface area contributed by atoms with Gasteiger partial charge in [-0.1, -0.05) is 20.3 Å². The molecule has 0 aliphatic rings. The van der Waals surface area contributed by atoms with Gasteiger partial charge in [-0.2, -0.15) is 0 Å². The zero-order chi connectivity index (χ0) is 16.2. The Morgan fingerprint density at radius 3 is 2.57 bits per heavy atom. The molecular weight excluding hydrogens is 321 g/mol. The van der Waals surface area contributed by atoms with Gasteiger partial charge in [0.15, 0.2) is 11.6 Å². The summed E-state index contributed by atoms with van der Waals surface area (Å²) < 4.78 is 41.4. The van der Waals surface area contributed by atoms with Gasteiger partial charge in [0, 0.05) is 22.8 Å². The molecule has 1 rings (SSSR count). The second-order valence-corrected chi connectivity index (χ2v) is 7.19. The van der Waals surface area contributed by atoms with Crippen molar-refractivity contribution in [2.24, 2.45) is 5.92 Å². The first-order valence-corrected chi connectivity index (χ1v) is 8.62. The zero-order valence-corrected chi connectivity index (χ0v) is 13.5. The van der Waals surface area contributed by atoms with Crippen LogP contribution >= 0.6 is 10.7 Å². The Bertz CT molecular complexity index is 633. The lowest BCUT2D eigenvalue weighted by Crippen LogP contribution is -2.28. The van der Waals surface area contributed by atoms with Gasteiger partial charge in [-0.15, -0.1) is 0 Å². The SMILES string of the molecule is CCC(C)CNC(=O)c1cc(F)c(OC)c(S(=O)(=O)Cl)c1. The summed E-state index contributed by atoms with van der Waals surface area (Å²) >= 11 is 0. The predicted molar refractivity (Wildman–Crippen MR) is 77.8 cm³/mol. The lowest BCUT2D eigenvalue weighted by atomic mass is 10.1. The molecule has 1 amide bonds. The average molecular weight is 338 g/mol. The van der Waals surface area contributed by atoms with Crippen LogP contribution in [0, 0.1) is 11.7 Å². The minimum absolute atomic E-state index is 0.129. The molecule has 1 atom stereocenters. The van der Waals surface area contributed by atoms with Gasteiger partial charge in [0.25, 0.3) is 15.0 Å². The topological polar surface area (TPSA) is 72.5 Å². The molecule has 5 nitrogen and oxygen atoms in total. The lowest BCUT2D eigenvalue weighted by Gasteiger charge is -2.12. The summed E-state index contributed by atoms with van der Waals surface area (Å²) in [6, 6.07) is 1.91. The summed E-state index contributed by atoms with van der Waals surface area (Å²) in [6.07, 6.45) is 0.874. The highest BCUT2D eigenvalue weighted by Gasteiger charge is 2.23. The van der Waals surface area contributed by atoms with Crippen molar-refractivity contribution in [3.05, 3.63) is 23.5 Å². The van der Waals surface area contributed by atoms with Gasteiger partial charge in [-0.3, -0.25) is 4.79 Å². The van der Waals surface area contributed by atoms with Crippen LogP contribution in [0.15, 0.2) is 17.0 Å². The molecule has 0 heterocycles. The van der Waals surface area contributed by atoms with E-state index in [2.05, 4.69) is 10.1 Å². The number of hydrogen-bond acceptors (Lipinski definition) is 4. The Morgan fingerprint density at radius 1 is 1.48 bits per heavy atom. The van der Waals surface area contributed by atoms with E-state index < -0.39 is 31.4 Å². The van der Waals surface area contributed by atoms with Crippen LogP contribution in [0.1, 0.15) is 30.6 Å². The molecule has 1 aromatic carbocycles. The fourth-order valence-corrected chi connectivity index (χ4v) is 2.61. The van der Waals surface area contributed by atoms with Crippen LogP contribution in [-0.2, 0) is 9.05 Å². The molecule has 1 unspecified atom stereocenters. The monoisotopic (exact) mass is 337 g/mol. The highest BCUT2D eigenvalue weighted by Crippen LogP contribution is 2.31. The van der Waals surface area contributed by atoms with Crippen LogP contribution in [0.3, 0.4) is 0 Å². The fourth-order valence-electron chi connectivity index (χ4n) is 1.59. The fraction of sp³-hybridized carbons (Fsp3) is 0.462. The number of ether oxygens (including phenoxy) is 1. The number of hydrogen-bond donors (Lipinski definition) is 1. The molecule has 118 valence electrons. The predicted octanol–water partition coefficient (Wildman–Crippen LogP) is 2.54. The maximum absolute atomic E-state index is 13.8. The average Bonchev–Trinajstić information content (AvgIpc) is 2.42. The van der Waals surface area contributed by atoms with Gasteiger partial charge >= 0.3 is 0 Å². The first-order valence-electron chi connectivity index (χ1n) is 6.31.